The summed E-state index contributed by atoms with van der Waals surface area (Å²) in [5.74, 6) is 0. The first-order valence-electron chi connectivity index (χ1n) is 4.61. The summed E-state index contributed by atoms with van der Waals surface area (Å²) in [4.78, 5) is 0. The summed E-state index contributed by atoms with van der Waals surface area (Å²) in [6.07, 6.45) is 5.49. The number of likely N-dealkylation sites (N-methyl/N-ethyl adjacent to an activating group) is 1. The molecule has 0 radical (unpaired) electrons. The smallest absolute Gasteiger partial charge is 0.0727 e. The molecule has 0 aromatic heterocycles. The van der Waals surface area contributed by atoms with Crippen molar-refractivity contribution >= 4 is 0 Å². The van der Waals surface area contributed by atoms with Gasteiger partial charge in [0.25, 0.3) is 0 Å². The van der Waals surface area contributed by atoms with E-state index in [9.17, 15) is 0 Å². The van der Waals surface area contributed by atoms with Crippen LogP contribution in [0.5, 0.6) is 0 Å². The van der Waals surface area contributed by atoms with Crippen LogP contribution >= 0.6 is 0 Å². The molecule has 2 atom stereocenters. The molecule has 2 nitrogen and oxygen atoms in total. The highest BCUT2D eigenvalue weighted by Gasteiger charge is 2.16. The normalized spacial score (nSPS) is 15.6. The molecule has 0 aromatic carbocycles. The van der Waals surface area contributed by atoms with Crippen LogP contribution in [0.4, 0.5) is 0 Å². The number of methoxy groups -OCH3 is 1. The average molecular weight is 171 g/mol. The summed E-state index contributed by atoms with van der Waals surface area (Å²) >= 11 is 0. The molecule has 0 aromatic rings. The van der Waals surface area contributed by atoms with E-state index in [1.165, 1.54) is 0 Å². The molecular formula is C10H21NO. The van der Waals surface area contributed by atoms with Gasteiger partial charge < -0.3 is 10.1 Å². The molecule has 0 aliphatic carbocycles. The van der Waals surface area contributed by atoms with Gasteiger partial charge >= 0.3 is 0 Å². The summed E-state index contributed by atoms with van der Waals surface area (Å²) in [5, 5.41) is 3.24. The Kier molecular flexibility index (Phi) is 7.11. The van der Waals surface area contributed by atoms with Gasteiger partial charge in [0.15, 0.2) is 0 Å². The highest BCUT2D eigenvalue weighted by molar-refractivity contribution is 4.83. The van der Waals surface area contributed by atoms with E-state index in [0.717, 1.165) is 19.3 Å². The Morgan fingerprint density at radius 1 is 1.58 bits per heavy atom. The van der Waals surface area contributed by atoms with Crippen LogP contribution in [0.3, 0.4) is 0 Å². The first kappa shape index (κ1) is 11.7. The number of ether oxygens (including phenoxy) is 1. The zero-order valence-electron chi connectivity index (χ0n) is 8.47. The summed E-state index contributed by atoms with van der Waals surface area (Å²) in [6, 6.07) is 0.410. The van der Waals surface area contributed by atoms with Gasteiger partial charge in [-0.1, -0.05) is 19.4 Å². The van der Waals surface area contributed by atoms with Gasteiger partial charge in [0.1, 0.15) is 0 Å². The Morgan fingerprint density at radius 2 is 2.25 bits per heavy atom. The van der Waals surface area contributed by atoms with Crippen LogP contribution in [0, 0.1) is 0 Å². The van der Waals surface area contributed by atoms with Crippen molar-refractivity contribution in [1.29, 1.82) is 0 Å². The number of hydrogen-bond donors (Lipinski definition) is 1. The van der Waals surface area contributed by atoms with E-state index in [-0.39, 0.29) is 0 Å². The van der Waals surface area contributed by atoms with E-state index in [1.54, 1.807) is 7.11 Å². The fourth-order valence-electron chi connectivity index (χ4n) is 1.40. The van der Waals surface area contributed by atoms with Gasteiger partial charge in [-0.3, -0.25) is 0 Å². The Morgan fingerprint density at radius 3 is 2.58 bits per heavy atom. The zero-order valence-corrected chi connectivity index (χ0v) is 8.47. The number of nitrogens with one attached hydrogen (secondary N) is 1. The monoisotopic (exact) mass is 171 g/mol. The topological polar surface area (TPSA) is 21.3 Å². The van der Waals surface area contributed by atoms with Gasteiger partial charge in [-0.2, -0.15) is 0 Å². The van der Waals surface area contributed by atoms with Crippen LogP contribution in [-0.4, -0.2) is 26.3 Å². The Bertz CT molecular complexity index is 114. The molecule has 0 heterocycles. The van der Waals surface area contributed by atoms with Crippen LogP contribution in [0.15, 0.2) is 12.7 Å². The maximum atomic E-state index is 5.39. The Labute approximate surface area is 76.0 Å². The summed E-state index contributed by atoms with van der Waals surface area (Å²) in [6.45, 7) is 5.90. The highest BCUT2D eigenvalue weighted by Crippen LogP contribution is 2.09. The fraction of sp³-hybridized carbons (Fsp3) is 0.800. The molecular weight excluding hydrogens is 150 g/mol. The maximum Gasteiger partial charge on any atom is 0.0727 e. The van der Waals surface area contributed by atoms with Crippen molar-refractivity contribution in [3.63, 3.8) is 0 Å². The third kappa shape index (κ3) is 3.88. The molecule has 0 spiro atoms. The van der Waals surface area contributed by atoms with Crippen LogP contribution in [0.2, 0.25) is 0 Å². The molecule has 0 fully saturated rings. The lowest BCUT2D eigenvalue weighted by molar-refractivity contribution is 0.0641. The highest BCUT2D eigenvalue weighted by atomic mass is 16.5. The van der Waals surface area contributed by atoms with Gasteiger partial charge in [-0.15, -0.1) is 6.58 Å². The third-order valence-electron chi connectivity index (χ3n) is 2.12. The third-order valence-corrected chi connectivity index (χ3v) is 2.12. The SMILES string of the molecule is C=CCC(NC)C(CCC)OC. The van der Waals surface area contributed by atoms with E-state index >= 15 is 0 Å². The first-order chi connectivity index (χ1) is 5.79. The van der Waals surface area contributed by atoms with Crippen molar-refractivity contribution in [1.82, 2.24) is 5.32 Å². The Hall–Kier alpha value is -0.340. The quantitative estimate of drug-likeness (QED) is 0.591. The summed E-state index contributed by atoms with van der Waals surface area (Å²) in [7, 11) is 3.74. The van der Waals surface area contributed by atoms with Crippen molar-refractivity contribution in [3.8, 4) is 0 Å². The lowest BCUT2D eigenvalue weighted by Crippen LogP contribution is -2.38. The lowest BCUT2D eigenvalue weighted by Gasteiger charge is -2.24. The van der Waals surface area contributed by atoms with Gasteiger partial charge in [0.2, 0.25) is 0 Å². The van der Waals surface area contributed by atoms with Crippen LogP contribution in [0.25, 0.3) is 0 Å². The van der Waals surface area contributed by atoms with E-state index in [2.05, 4.69) is 18.8 Å². The minimum Gasteiger partial charge on any atom is -0.380 e. The molecule has 0 aliphatic rings. The summed E-state index contributed by atoms with van der Waals surface area (Å²) in [5.41, 5.74) is 0. The summed E-state index contributed by atoms with van der Waals surface area (Å²) < 4.78 is 5.39. The lowest BCUT2D eigenvalue weighted by atomic mass is 10.0. The van der Waals surface area contributed by atoms with Gasteiger partial charge in [0, 0.05) is 13.2 Å². The van der Waals surface area contributed by atoms with Gasteiger partial charge in [-0.05, 0) is 19.9 Å². The average Bonchev–Trinajstić information content (AvgIpc) is 2.11. The largest absolute Gasteiger partial charge is 0.380 e. The van der Waals surface area contributed by atoms with E-state index in [1.807, 2.05) is 13.1 Å². The molecule has 2 heteroatoms. The maximum absolute atomic E-state index is 5.39. The van der Waals surface area contributed by atoms with Crippen LogP contribution in [0.1, 0.15) is 26.2 Å². The zero-order chi connectivity index (χ0) is 9.40. The molecule has 1 N–H and O–H groups in total. The Balaban J connectivity index is 3.92. The van der Waals surface area contributed by atoms with Crippen molar-refractivity contribution in [2.75, 3.05) is 14.2 Å². The first-order valence-corrected chi connectivity index (χ1v) is 4.61. The van der Waals surface area contributed by atoms with Gasteiger partial charge in [-0.25, -0.2) is 0 Å². The standard InChI is InChI=1S/C10H21NO/c1-5-7-9(11-3)10(12-4)8-6-2/h5,9-11H,1,6-8H2,2-4H3. The van der Waals surface area contributed by atoms with Gasteiger partial charge in [0.05, 0.1) is 6.10 Å². The molecule has 0 aliphatic heterocycles. The predicted octanol–water partition coefficient (Wildman–Crippen LogP) is 1.97. The minimum absolute atomic E-state index is 0.318. The second-order valence-corrected chi connectivity index (χ2v) is 2.98. The predicted molar refractivity (Wildman–Crippen MR) is 53.4 cm³/mol. The van der Waals surface area contributed by atoms with Crippen molar-refractivity contribution in [3.05, 3.63) is 12.7 Å². The molecule has 0 saturated carbocycles. The van der Waals surface area contributed by atoms with E-state index in [4.69, 9.17) is 4.74 Å². The van der Waals surface area contributed by atoms with Crippen LogP contribution < -0.4 is 5.32 Å². The van der Waals surface area contributed by atoms with Crippen LogP contribution in [-0.2, 0) is 4.74 Å². The second kappa shape index (κ2) is 7.32. The van der Waals surface area contributed by atoms with Crippen molar-refractivity contribution < 1.29 is 4.74 Å². The van der Waals surface area contributed by atoms with Crippen molar-refractivity contribution in [2.24, 2.45) is 0 Å². The van der Waals surface area contributed by atoms with E-state index in [0.29, 0.717) is 12.1 Å². The molecule has 0 rings (SSSR count). The molecule has 2 unspecified atom stereocenters. The second-order valence-electron chi connectivity index (χ2n) is 2.98. The molecule has 0 saturated heterocycles. The van der Waals surface area contributed by atoms with Crippen molar-refractivity contribution in [2.45, 2.75) is 38.3 Å². The molecule has 0 amide bonds. The molecule has 12 heavy (non-hydrogen) atoms. The van der Waals surface area contributed by atoms with E-state index < -0.39 is 0 Å². The molecule has 72 valence electrons. The minimum atomic E-state index is 0.318. The number of rotatable bonds is 7. The fourth-order valence-corrected chi connectivity index (χ4v) is 1.40. The molecule has 0 bridgehead atoms. The number of hydrogen-bond acceptors (Lipinski definition) is 2.